The molecule has 0 radical (unpaired) electrons. The summed E-state index contributed by atoms with van der Waals surface area (Å²) in [4.78, 5) is 21.1. The molecule has 1 aliphatic rings. The fourth-order valence-corrected chi connectivity index (χ4v) is 2.78. The van der Waals surface area contributed by atoms with Gasteiger partial charge in [0.15, 0.2) is 0 Å². The molecule has 0 saturated carbocycles. The average molecular weight is 300 g/mol. The van der Waals surface area contributed by atoms with Gasteiger partial charge in [-0.25, -0.2) is 0 Å². The lowest BCUT2D eigenvalue weighted by atomic mass is 10.1. The summed E-state index contributed by atoms with van der Waals surface area (Å²) in [7, 11) is 0. The Morgan fingerprint density at radius 2 is 2.00 bits per heavy atom. The highest BCUT2D eigenvalue weighted by atomic mass is 16.5. The number of rotatable bonds is 3. The summed E-state index contributed by atoms with van der Waals surface area (Å²) in [6, 6.07) is 5.95. The van der Waals surface area contributed by atoms with Gasteiger partial charge in [-0.1, -0.05) is 11.2 Å². The number of amides is 1. The van der Waals surface area contributed by atoms with Crippen molar-refractivity contribution in [2.75, 3.05) is 26.2 Å². The monoisotopic (exact) mass is 300 g/mol. The van der Waals surface area contributed by atoms with Crippen molar-refractivity contribution in [1.29, 1.82) is 0 Å². The van der Waals surface area contributed by atoms with Gasteiger partial charge in [0.1, 0.15) is 11.3 Å². The fraction of sp³-hybridized carbons (Fsp3) is 0.438. The molecule has 1 fully saturated rings. The molecule has 1 amide bonds. The lowest BCUT2D eigenvalue weighted by molar-refractivity contribution is 0.0624. The average Bonchev–Trinajstić information content (AvgIpc) is 2.87. The summed E-state index contributed by atoms with van der Waals surface area (Å²) in [6.07, 6.45) is 1.81. The maximum Gasteiger partial charge on any atom is 0.259 e. The van der Waals surface area contributed by atoms with E-state index in [1.807, 2.05) is 29.3 Å². The van der Waals surface area contributed by atoms with Crippen LogP contribution in [-0.2, 0) is 6.54 Å². The van der Waals surface area contributed by atoms with E-state index >= 15 is 0 Å². The number of nitrogens with zero attached hydrogens (tertiary/aromatic N) is 4. The Labute approximate surface area is 129 Å². The number of aryl methyl sites for hydroxylation is 2. The topological polar surface area (TPSA) is 62.5 Å². The van der Waals surface area contributed by atoms with E-state index in [-0.39, 0.29) is 5.91 Å². The Balaban J connectivity index is 1.59. The highest BCUT2D eigenvalue weighted by Gasteiger charge is 2.26. The number of hydrogen-bond donors (Lipinski definition) is 0. The van der Waals surface area contributed by atoms with Gasteiger partial charge in [-0.15, -0.1) is 0 Å². The first-order valence-corrected chi connectivity index (χ1v) is 7.49. The molecule has 2 aromatic heterocycles. The van der Waals surface area contributed by atoms with Gasteiger partial charge < -0.3 is 9.42 Å². The zero-order valence-electron chi connectivity index (χ0n) is 13.0. The van der Waals surface area contributed by atoms with Crippen molar-refractivity contribution in [2.45, 2.75) is 20.4 Å². The molecule has 0 spiro atoms. The van der Waals surface area contributed by atoms with Gasteiger partial charge in [0.05, 0.1) is 11.4 Å². The summed E-state index contributed by atoms with van der Waals surface area (Å²) in [5.74, 6) is 0.618. The third-order valence-electron chi connectivity index (χ3n) is 4.02. The van der Waals surface area contributed by atoms with E-state index in [1.54, 1.807) is 13.8 Å². The molecule has 0 atom stereocenters. The van der Waals surface area contributed by atoms with Crippen LogP contribution in [0.25, 0.3) is 0 Å². The zero-order chi connectivity index (χ0) is 15.5. The van der Waals surface area contributed by atoms with Gasteiger partial charge >= 0.3 is 0 Å². The third-order valence-corrected chi connectivity index (χ3v) is 4.02. The van der Waals surface area contributed by atoms with E-state index in [1.165, 1.54) is 0 Å². The Kier molecular flexibility index (Phi) is 4.20. The van der Waals surface area contributed by atoms with E-state index in [0.717, 1.165) is 38.4 Å². The molecule has 116 valence electrons. The number of carbonyl (C=O) groups excluding carboxylic acids is 1. The van der Waals surface area contributed by atoms with Crippen LogP contribution in [0.1, 0.15) is 27.5 Å². The molecule has 1 aliphatic heterocycles. The quantitative estimate of drug-likeness (QED) is 0.862. The summed E-state index contributed by atoms with van der Waals surface area (Å²) in [6.45, 7) is 7.56. The van der Waals surface area contributed by atoms with Gasteiger partial charge in [0, 0.05) is 38.9 Å². The molecular formula is C16H20N4O2. The molecule has 6 nitrogen and oxygen atoms in total. The van der Waals surface area contributed by atoms with Crippen LogP contribution >= 0.6 is 0 Å². The molecule has 2 aromatic rings. The Morgan fingerprint density at radius 3 is 2.59 bits per heavy atom. The Morgan fingerprint density at radius 1 is 1.23 bits per heavy atom. The van der Waals surface area contributed by atoms with Gasteiger partial charge in [-0.3, -0.25) is 14.7 Å². The minimum absolute atomic E-state index is 0.0220. The Hall–Kier alpha value is -2.21. The molecule has 3 rings (SSSR count). The van der Waals surface area contributed by atoms with Crippen molar-refractivity contribution in [3.63, 3.8) is 0 Å². The van der Waals surface area contributed by atoms with E-state index < -0.39 is 0 Å². The van der Waals surface area contributed by atoms with Crippen molar-refractivity contribution < 1.29 is 9.32 Å². The first-order valence-electron chi connectivity index (χ1n) is 7.49. The Bertz CT molecular complexity index is 626. The van der Waals surface area contributed by atoms with Crippen molar-refractivity contribution in [3.8, 4) is 0 Å². The maximum atomic E-state index is 12.6. The minimum Gasteiger partial charge on any atom is -0.361 e. The lowest BCUT2D eigenvalue weighted by Gasteiger charge is -2.34. The first-order chi connectivity index (χ1) is 10.6. The fourth-order valence-electron chi connectivity index (χ4n) is 2.78. The molecule has 0 aromatic carbocycles. The minimum atomic E-state index is 0.0220. The summed E-state index contributed by atoms with van der Waals surface area (Å²) < 4.78 is 5.09. The van der Waals surface area contributed by atoms with Crippen LogP contribution in [0.3, 0.4) is 0 Å². The van der Waals surface area contributed by atoms with E-state index in [9.17, 15) is 4.79 Å². The van der Waals surface area contributed by atoms with Gasteiger partial charge in [-0.2, -0.15) is 0 Å². The normalized spacial score (nSPS) is 16.0. The van der Waals surface area contributed by atoms with Crippen molar-refractivity contribution in [2.24, 2.45) is 0 Å². The molecule has 1 saturated heterocycles. The third kappa shape index (κ3) is 3.01. The molecular weight excluding hydrogens is 280 g/mol. The SMILES string of the molecule is Cc1noc(C)c1C(=O)N1CCN(Cc2ccccn2)CC1. The van der Waals surface area contributed by atoms with Crippen molar-refractivity contribution in [1.82, 2.24) is 19.9 Å². The molecule has 6 heteroatoms. The predicted octanol–water partition coefficient (Wildman–Crippen LogP) is 1.64. The van der Waals surface area contributed by atoms with Crippen molar-refractivity contribution >= 4 is 5.91 Å². The molecule has 0 N–H and O–H groups in total. The van der Waals surface area contributed by atoms with Crippen LogP contribution < -0.4 is 0 Å². The van der Waals surface area contributed by atoms with E-state index in [0.29, 0.717) is 17.0 Å². The van der Waals surface area contributed by atoms with Crippen LogP contribution in [0.2, 0.25) is 0 Å². The van der Waals surface area contributed by atoms with Crippen LogP contribution in [0, 0.1) is 13.8 Å². The highest BCUT2D eigenvalue weighted by Crippen LogP contribution is 2.16. The highest BCUT2D eigenvalue weighted by molar-refractivity contribution is 5.96. The smallest absolute Gasteiger partial charge is 0.259 e. The predicted molar refractivity (Wildman–Crippen MR) is 81.4 cm³/mol. The number of piperazine rings is 1. The van der Waals surface area contributed by atoms with Crippen LogP contribution in [0.5, 0.6) is 0 Å². The van der Waals surface area contributed by atoms with E-state index in [2.05, 4.69) is 15.0 Å². The summed E-state index contributed by atoms with van der Waals surface area (Å²) in [5.41, 5.74) is 2.34. The standard InChI is InChI=1S/C16H20N4O2/c1-12-15(13(2)22-18-12)16(21)20-9-7-19(8-10-20)11-14-5-3-4-6-17-14/h3-6H,7-11H2,1-2H3. The second-order valence-electron chi connectivity index (χ2n) is 5.59. The van der Waals surface area contributed by atoms with Gasteiger partial charge in [0.25, 0.3) is 5.91 Å². The van der Waals surface area contributed by atoms with Gasteiger partial charge in [-0.05, 0) is 26.0 Å². The zero-order valence-corrected chi connectivity index (χ0v) is 13.0. The molecule has 22 heavy (non-hydrogen) atoms. The number of pyridine rings is 1. The largest absolute Gasteiger partial charge is 0.361 e. The van der Waals surface area contributed by atoms with Crippen molar-refractivity contribution in [3.05, 3.63) is 47.1 Å². The second-order valence-corrected chi connectivity index (χ2v) is 5.59. The van der Waals surface area contributed by atoms with Crippen LogP contribution in [0.4, 0.5) is 0 Å². The first kappa shape index (κ1) is 14.7. The van der Waals surface area contributed by atoms with Gasteiger partial charge in [0.2, 0.25) is 0 Å². The number of aromatic nitrogens is 2. The second kappa shape index (κ2) is 6.27. The summed E-state index contributed by atoms with van der Waals surface area (Å²) >= 11 is 0. The molecule has 3 heterocycles. The van der Waals surface area contributed by atoms with Crippen LogP contribution in [0.15, 0.2) is 28.9 Å². The number of hydrogen-bond acceptors (Lipinski definition) is 5. The maximum absolute atomic E-state index is 12.6. The lowest BCUT2D eigenvalue weighted by Crippen LogP contribution is -2.48. The molecule has 0 aliphatic carbocycles. The van der Waals surface area contributed by atoms with E-state index in [4.69, 9.17) is 4.52 Å². The van der Waals surface area contributed by atoms with Crippen LogP contribution in [-0.4, -0.2) is 52.0 Å². The molecule has 0 unspecified atom stereocenters. The molecule has 0 bridgehead atoms. The number of carbonyl (C=O) groups is 1. The summed E-state index contributed by atoms with van der Waals surface area (Å²) in [5, 5.41) is 3.86.